The van der Waals surface area contributed by atoms with Crippen LogP contribution in [0, 0.1) is 0 Å². The number of hydrogen-bond donors (Lipinski definition) is 0. The van der Waals surface area contributed by atoms with Crippen molar-refractivity contribution < 1.29 is 4.74 Å². The molecule has 0 aromatic rings. The van der Waals surface area contributed by atoms with Gasteiger partial charge in [0.1, 0.15) is 18.1 Å². The highest BCUT2D eigenvalue weighted by molar-refractivity contribution is 5.88. The fourth-order valence-corrected chi connectivity index (χ4v) is 1.59. The van der Waals surface area contributed by atoms with E-state index in [0.29, 0.717) is 6.61 Å². The van der Waals surface area contributed by atoms with E-state index in [9.17, 15) is 0 Å². The third-order valence-corrected chi connectivity index (χ3v) is 2.36. The van der Waals surface area contributed by atoms with E-state index in [4.69, 9.17) is 4.74 Å². The molecule has 4 heterocycles. The molecule has 78 valence electrons. The highest BCUT2D eigenvalue weighted by Crippen LogP contribution is 2.21. The molecule has 0 atom stereocenters. The summed E-state index contributed by atoms with van der Waals surface area (Å²) >= 11 is 0. The maximum Gasteiger partial charge on any atom is 0.146 e. The summed E-state index contributed by atoms with van der Waals surface area (Å²) in [5, 5.41) is 0. The van der Waals surface area contributed by atoms with Crippen LogP contribution in [0.3, 0.4) is 0 Å². The van der Waals surface area contributed by atoms with Crippen molar-refractivity contribution in [3.05, 3.63) is 47.2 Å². The topological polar surface area (TPSA) is 46.3 Å². The molecule has 4 nitrogen and oxygen atoms in total. The molecule has 0 bridgehead atoms. The summed E-state index contributed by atoms with van der Waals surface area (Å²) in [5.74, 6) is 0.921. The first-order valence-electron chi connectivity index (χ1n) is 5.00. The van der Waals surface area contributed by atoms with Gasteiger partial charge in [-0.25, -0.2) is 0 Å². The summed E-state index contributed by atoms with van der Waals surface area (Å²) in [4.78, 5) is 12.0. The number of nitrogens with zero attached hydrogens (tertiary/aromatic N) is 3. The normalized spacial score (nSPS) is 21.5. The minimum Gasteiger partial charge on any atom is -0.487 e. The van der Waals surface area contributed by atoms with Crippen LogP contribution in [0.15, 0.2) is 62.1 Å². The van der Waals surface area contributed by atoms with Gasteiger partial charge in [-0.1, -0.05) is 0 Å². The van der Waals surface area contributed by atoms with Crippen LogP contribution in [0.2, 0.25) is 0 Å². The van der Waals surface area contributed by atoms with Gasteiger partial charge in [0.15, 0.2) is 0 Å². The van der Waals surface area contributed by atoms with Crippen LogP contribution < -0.4 is 0 Å². The number of fused-ring (bicyclic) bond motifs is 2. The van der Waals surface area contributed by atoms with Gasteiger partial charge in [-0.05, 0) is 18.2 Å². The minimum absolute atomic E-state index is 0.693. The minimum atomic E-state index is 0.693. The lowest BCUT2D eigenvalue weighted by molar-refractivity contribution is 0.277. The van der Waals surface area contributed by atoms with Gasteiger partial charge in [0.25, 0.3) is 0 Å². The second-order valence-electron chi connectivity index (χ2n) is 3.37. The summed E-state index contributed by atoms with van der Waals surface area (Å²) in [6, 6.07) is 0. The average molecular weight is 211 g/mol. The van der Waals surface area contributed by atoms with Gasteiger partial charge < -0.3 is 4.74 Å². The van der Waals surface area contributed by atoms with Crippen LogP contribution in [-0.4, -0.2) is 25.3 Å². The van der Waals surface area contributed by atoms with Crippen LogP contribution in [0.5, 0.6) is 0 Å². The fraction of sp³-hybridized carbons (Fsp3) is 0.0833. The van der Waals surface area contributed by atoms with Crippen molar-refractivity contribution >= 4 is 18.6 Å². The lowest BCUT2D eigenvalue weighted by Gasteiger charge is -1.91. The SMILES string of the molecule is C1=NC2=CC=NC2=C1.C1=NC2=CCOC2=C1. The van der Waals surface area contributed by atoms with Crippen molar-refractivity contribution in [1.82, 2.24) is 0 Å². The Morgan fingerprint density at radius 1 is 0.812 bits per heavy atom. The van der Waals surface area contributed by atoms with E-state index >= 15 is 0 Å². The molecule has 0 spiro atoms. The molecule has 0 aromatic heterocycles. The number of aliphatic imine (C=N–C) groups is 3. The molecule has 0 saturated carbocycles. The molecule has 0 aliphatic carbocycles. The van der Waals surface area contributed by atoms with Gasteiger partial charge >= 0.3 is 0 Å². The Hall–Kier alpha value is -2.23. The van der Waals surface area contributed by atoms with Crippen molar-refractivity contribution in [3.8, 4) is 0 Å². The summed E-state index contributed by atoms with van der Waals surface area (Å²) in [5.41, 5.74) is 2.97. The first-order chi connectivity index (χ1) is 7.93. The highest BCUT2D eigenvalue weighted by Gasteiger charge is 2.13. The first-order valence-corrected chi connectivity index (χ1v) is 5.00. The first kappa shape index (κ1) is 9.03. The molecule has 4 heteroatoms. The largest absolute Gasteiger partial charge is 0.487 e. The van der Waals surface area contributed by atoms with Crippen molar-refractivity contribution in [1.29, 1.82) is 0 Å². The second kappa shape index (κ2) is 3.73. The molecule has 0 radical (unpaired) electrons. The maximum atomic E-state index is 5.12. The standard InChI is InChI=1S/C6H4N2.C6H5NO/c1-3-7-6-2-4-8-5(1)6;1-3-7-5-2-4-8-6(1)5/h1-4H;1-3H,4H2. The summed E-state index contributed by atoms with van der Waals surface area (Å²) in [6.07, 6.45) is 12.9. The number of ether oxygens (including phenoxy) is 1. The molecule has 0 unspecified atom stereocenters. The van der Waals surface area contributed by atoms with Gasteiger partial charge in [0.05, 0.1) is 11.4 Å². The van der Waals surface area contributed by atoms with Crippen LogP contribution in [0.25, 0.3) is 0 Å². The summed E-state index contributed by atoms with van der Waals surface area (Å²) in [6.45, 7) is 0.693. The monoisotopic (exact) mass is 211 g/mol. The van der Waals surface area contributed by atoms with Crippen LogP contribution in [-0.2, 0) is 4.74 Å². The Morgan fingerprint density at radius 2 is 1.44 bits per heavy atom. The quantitative estimate of drug-likeness (QED) is 0.602. The Bertz CT molecular complexity index is 496. The van der Waals surface area contributed by atoms with Crippen LogP contribution in [0.1, 0.15) is 0 Å². The molecule has 0 aromatic carbocycles. The molecule has 4 aliphatic heterocycles. The second-order valence-corrected chi connectivity index (χ2v) is 3.37. The molecule has 0 fully saturated rings. The zero-order chi connectivity index (χ0) is 10.8. The number of hydrogen-bond acceptors (Lipinski definition) is 4. The van der Waals surface area contributed by atoms with E-state index in [-0.39, 0.29) is 0 Å². The lowest BCUT2D eigenvalue weighted by atomic mass is 10.4. The smallest absolute Gasteiger partial charge is 0.146 e. The number of allylic oxidation sites excluding steroid dienone is 3. The molecule has 4 rings (SSSR count). The van der Waals surface area contributed by atoms with E-state index in [1.165, 1.54) is 0 Å². The van der Waals surface area contributed by atoms with Gasteiger partial charge in [-0.3, -0.25) is 15.0 Å². The van der Waals surface area contributed by atoms with Gasteiger partial charge in [0, 0.05) is 24.7 Å². The molecular weight excluding hydrogens is 202 g/mol. The van der Waals surface area contributed by atoms with Crippen LogP contribution >= 0.6 is 0 Å². The lowest BCUT2D eigenvalue weighted by Crippen LogP contribution is -1.78. The van der Waals surface area contributed by atoms with Crippen LogP contribution in [0.4, 0.5) is 0 Å². The van der Waals surface area contributed by atoms with Crippen molar-refractivity contribution in [2.75, 3.05) is 6.61 Å². The molecule has 16 heavy (non-hydrogen) atoms. The Morgan fingerprint density at radius 3 is 2.12 bits per heavy atom. The maximum absolute atomic E-state index is 5.12. The van der Waals surface area contributed by atoms with E-state index in [2.05, 4.69) is 15.0 Å². The highest BCUT2D eigenvalue weighted by atomic mass is 16.5. The van der Waals surface area contributed by atoms with Gasteiger partial charge in [-0.2, -0.15) is 0 Å². The summed E-state index contributed by atoms with van der Waals surface area (Å²) < 4.78 is 5.12. The molecule has 0 amide bonds. The zero-order valence-corrected chi connectivity index (χ0v) is 8.50. The predicted molar refractivity (Wildman–Crippen MR) is 63.8 cm³/mol. The summed E-state index contributed by atoms with van der Waals surface area (Å²) in [7, 11) is 0. The predicted octanol–water partition coefficient (Wildman–Crippen LogP) is 1.79. The molecule has 4 aliphatic rings. The van der Waals surface area contributed by atoms with Gasteiger partial charge in [0.2, 0.25) is 0 Å². The van der Waals surface area contributed by atoms with E-state index in [1.54, 1.807) is 18.6 Å². The van der Waals surface area contributed by atoms with Crippen molar-refractivity contribution in [2.24, 2.45) is 15.0 Å². The Balaban J connectivity index is 0.000000101. The Labute approximate surface area is 92.8 Å². The molecule has 0 N–H and O–H groups in total. The molecular formula is C12H9N3O. The fourth-order valence-electron chi connectivity index (χ4n) is 1.59. The van der Waals surface area contributed by atoms with E-state index in [0.717, 1.165) is 22.9 Å². The third-order valence-electron chi connectivity index (χ3n) is 2.36. The van der Waals surface area contributed by atoms with Gasteiger partial charge in [-0.15, -0.1) is 0 Å². The van der Waals surface area contributed by atoms with E-state index in [1.807, 2.05) is 24.3 Å². The third kappa shape index (κ3) is 1.54. The Kier molecular flexibility index (Phi) is 2.11. The van der Waals surface area contributed by atoms with E-state index < -0.39 is 0 Å². The van der Waals surface area contributed by atoms with Crippen molar-refractivity contribution in [2.45, 2.75) is 0 Å². The number of rotatable bonds is 0. The average Bonchev–Trinajstić information content (AvgIpc) is 2.99. The van der Waals surface area contributed by atoms with Crippen molar-refractivity contribution in [3.63, 3.8) is 0 Å². The molecule has 0 saturated heterocycles. The zero-order valence-electron chi connectivity index (χ0n) is 8.50.